The van der Waals surface area contributed by atoms with E-state index in [1.807, 2.05) is 6.92 Å². The Labute approximate surface area is 160 Å². The van der Waals surface area contributed by atoms with E-state index in [9.17, 15) is 4.39 Å². The van der Waals surface area contributed by atoms with Crippen LogP contribution in [0.4, 0.5) is 4.39 Å². The third-order valence-corrected chi connectivity index (χ3v) is 5.93. The van der Waals surface area contributed by atoms with E-state index in [0.717, 1.165) is 31.1 Å². The maximum atomic E-state index is 14.3. The van der Waals surface area contributed by atoms with Crippen LogP contribution in [-0.2, 0) is 6.54 Å². The van der Waals surface area contributed by atoms with Gasteiger partial charge in [-0.3, -0.25) is 9.80 Å². The van der Waals surface area contributed by atoms with Crippen molar-refractivity contribution in [2.45, 2.75) is 51.7 Å². The topological polar surface area (TPSA) is 41.7 Å². The Bertz CT molecular complexity index is 801. The number of rotatable bonds is 5. The van der Waals surface area contributed by atoms with Gasteiger partial charge in [-0.1, -0.05) is 6.42 Å². The van der Waals surface area contributed by atoms with Gasteiger partial charge in [-0.25, -0.2) is 9.37 Å². The molecule has 2 fully saturated rings. The summed E-state index contributed by atoms with van der Waals surface area (Å²) in [6.07, 6.45) is 3.99. The normalized spacial score (nSPS) is 22.0. The smallest absolute Gasteiger partial charge is 0.229 e. The lowest BCUT2D eigenvalue weighted by Crippen LogP contribution is -2.61. The predicted octanol–water partition coefficient (Wildman–Crippen LogP) is 3.86. The molecule has 27 heavy (non-hydrogen) atoms. The third kappa shape index (κ3) is 3.73. The van der Waals surface area contributed by atoms with E-state index in [-0.39, 0.29) is 5.82 Å². The highest BCUT2D eigenvalue weighted by atomic mass is 19.1. The van der Waals surface area contributed by atoms with Gasteiger partial charge in [-0.2, -0.15) is 0 Å². The fraction of sp³-hybridized carbons (Fsp3) is 0.571. The van der Waals surface area contributed by atoms with Gasteiger partial charge in [-0.05, 0) is 45.4 Å². The van der Waals surface area contributed by atoms with Crippen LogP contribution in [0, 0.1) is 12.7 Å². The Hall–Kier alpha value is -1.92. The van der Waals surface area contributed by atoms with Crippen LogP contribution in [0.3, 0.4) is 0 Å². The molecule has 1 atom stereocenters. The summed E-state index contributed by atoms with van der Waals surface area (Å²) in [5.74, 6) is 1.20. The molecular formula is C21H28FN3O2. The summed E-state index contributed by atoms with van der Waals surface area (Å²) in [7, 11) is 1.52. The van der Waals surface area contributed by atoms with Crippen molar-refractivity contribution in [2.24, 2.45) is 0 Å². The van der Waals surface area contributed by atoms with E-state index in [1.165, 1.54) is 39.0 Å². The van der Waals surface area contributed by atoms with Crippen molar-refractivity contribution in [3.05, 3.63) is 35.5 Å². The van der Waals surface area contributed by atoms with Crippen LogP contribution in [0.25, 0.3) is 11.5 Å². The van der Waals surface area contributed by atoms with E-state index < -0.39 is 0 Å². The number of oxazole rings is 1. The number of piperidine rings is 1. The van der Waals surface area contributed by atoms with Gasteiger partial charge in [0.2, 0.25) is 5.89 Å². The van der Waals surface area contributed by atoms with Gasteiger partial charge in [0.05, 0.1) is 18.4 Å². The number of hydrogen-bond donors (Lipinski definition) is 0. The molecule has 146 valence electrons. The second-order valence-corrected chi connectivity index (χ2v) is 7.80. The zero-order valence-corrected chi connectivity index (χ0v) is 16.4. The molecule has 5 nitrogen and oxygen atoms in total. The Kier molecular flexibility index (Phi) is 5.19. The van der Waals surface area contributed by atoms with Gasteiger partial charge in [0, 0.05) is 37.8 Å². The van der Waals surface area contributed by atoms with Crippen LogP contribution < -0.4 is 4.74 Å². The number of halogens is 1. The molecule has 4 rings (SSSR count). The minimum Gasteiger partial charge on any atom is -0.497 e. The Morgan fingerprint density at radius 1 is 1.30 bits per heavy atom. The van der Waals surface area contributed by atoms with Crippen molar-refractivity contribution in [3.63, 3.8) is 0 Å². The van der Waals surface area contributed by atoms with Crippen LogP contribution in [-0.4, -0.2) is 53.6 Å². The van der Waals surface area contributed by atoms with Crippen LogP contribution >= 0.6 is 0 Å². The minimum absolute atomic E-state index is 0.337. The maximum absolute atomic E-state index is 14.3. The fourth-order valence-corrected chi connectivity index (χ4v) is 4.24. The lowest BCUT2D eigenvalue weighted by Gasteiger charge is -2.49. The molecule has 0 amide bonds. The molecule has 2 aromatic rings. The number of aromatic nitrogens is 1. The molecule has 2 aliphatic heterocycles. The summed E-state index contributed by atoms with van der Waals surface area (Å²) in [6, 6.07) is 6.09. The summed E-state index contributed by atoms with van der Waals surface area (Å²) >= 11 is 0. The van der Waals surface area contributed by atoms with E-state index >= 15 is 0 Å². The largest absolute Gasteiger partial charge is 0.497 e. The van der Waals surface area contributed by atoms with Crippen molar-refractivity contribution in [1.29, 1.82) is 0 Å². The fourth-order valence-electron chi connectivity index (χ4n) is 4.24. The van der Waals surface area contributed by atoms with Gasteiger partial charge >= 0.3 is 0 Å². The highest BCUT2D eigenvalue weighted by molar-refractivity contribution is 5.56. The number of likely N-dealkylation sites (tertiary alicyclic amines) is 2. The van der Waals surface area contributed by atoms with Crippen molar-refractivity contribution >= 4 is 0 Å². The highest BCUT2D eigenvalue weighted by Crippen LogP contribution is 2.29. The van der Waals surface area contributed by atoms with Crippen molar-refractivity contribution in [1.82, 2.24) is 14.8 Å². The molecule has 1 aromatic carbocycles. The molecule has 0 N–H and O–H groups in total. The monoisotopic (exact) mass is 373 g/mol. The molecule has 0 radical (unpaired) electrons. The molecule has 3 heterocycles. The molecule has 0 aliphatic carbocycles. The Balaban J connectivity index is 1.40. The van der Waals surface area contributed by atoms with E-state index in [0.29, 0.717) is 29.3 Å². The lowest BCUT2D eigenvalue weighted by molar-refractivity contribution is -0.00685. The SMILES string of the molecule is COc1ccc(-c2nc(CN3CC(N4CCCC[C@H]4C)C3)c(C)o2)c(F)c1. The van der Waals surface area contributed by atoms with Crippen LogP contribution in [0.5, 0.6) is 5.75 Å². The predicted molar refractivity (Wildman–Crippen MR) is 102 cm³/mol. The molecule has 1 aromatic heterocycles. The van der Waals surface area contributed by atoms with Crippen LogP contribution in [0.15, 0.2) is 22.6 Å². The van der Waals surface area contributed by atoms with E-state index in [4.69, 9.17) is 9.15 Å². The van der Waals surface area contributed by atoms with E-state index in [2.05, 4.69) is 21.7 Å². The molecule has 2 aliphatic rings. The van der Waals surface area contributed by atoms with Crippen LogP contribution in [0.2, 0.25) is 0 Å². The first-order valence-corrected chi connectivity index (χ1v) is 9.83. The highest BCUT2D eigenvalue weighted by Gasteiger charge is 2.35. The van der Waals surface area contributed by atoms with Gasteiger partial charge in [0.15, 0.2) is 0 Å². The van der Waals surface area contributed by atoms with Gasteiger partial charge < -0.3 is 9.15 Å². The molecule has 0 unspecified atom stereocenters. The Morgan fingerprint density at radius 3 is 2.81 bits per heavy atom. The molecule has 0 bridgehead atoms. The third-order valence-electron chi connectivity index (χ3n) is 5.93. The summed E-state index contributed by atoms with van der Waals surface area (Å²) < 4.78 is 25.1. The number of nitrogens with zero attached hydrogens (tertiary/aromatic N) is 3. The lowest BCUT2D eigenvalue weighted by atomic mass is 9.97. The first-order chi connectivity index (χ1) is 13.0. The number of methoxy groups -OCH3 is 1. The van der Waals surface area contributed by atoms with Gasteiger partial charge in [0.1, 0.15) is 17.3 Å². The second-order valence-electron chi connectivity index (χ2n) is 7.80. The van der Waals surface area contributed by atoms with Crippen LogP contribution in [0.1, 0.15) is 37.6 Å². The standard InChI is InChI=1S/C21H28FN3O2/c1-14-6-4-5-9-25(14)16-11-24(12-16)13-20-15(2)27-21(23-20)18-8-7-17(26-3)10-19(18)22/h7-8,10,14,16H,4-6,9,11-13H2,1-3H3/t14-/m1/s1. The summed E-state index contributed by atoms with van der Waals surface area (Å²) in [4.78, 5) is 9.62. The average molecular weight is 373 g/mol. The van der Waals surface area contributed by atoms with Crippen molar-refractivity contribution in [3.8, 4) is 17.2 Å². The summed E-state index contributed by atoms with van der Waals surface area (Å²) in [6.45, 7) is 8.37. The molecule has 0 saturated carbocycles. The zero-order valence-electron chi connectivity index (χ0n) is 16.4. The minimum atomic E-state index is -0.384. The molecule has 0 spiro atoms. The molecule has 2 saturated heterocycles. The first-order valence-electron chi connectivity index (χ1n) is 9.83. The Morgan fingerprint density at radius 2 is 2.11 bits per heavy atom. The molecular weight excluding hydrogens is 345 g/mol. The summed E-state index contributed by atoms with van der Waals surface area (Å²) in [5.41, 5.74) is 1.26. The quantitative estimate of drug-likeness (QED) is 0.796. The number of ether oxygens (including phenoxy) is 1. The van der Waals surface area contributed by atoms with Gasteiger partial charge in [0.25, 0.3) is 0 Å². The number of hydrogen-bond acceptors (Lipinski definition) is 5. The zero-order chi connectivity index (χ0) is 19.0. The van der Waals surface area contributed by atoms with E-state index in [1.54, 1.807) is 12.1 Å². The maximum Gasteiger partial charge on any atom is 0.229 e. The van der Waals surface area contributed by atoms with Gasteiger partial charge in [-0.15, -0.1) is 0 Å². The number of aryl methyl sites for hydroxylation is 1. The second kappa shape index (κ2) is 7.60. The first kappa shape index (κ1) is 18.4. The van der Waals surface area contributed by atoms with Crippen molar-refractivity contribution in [2.75, 3.05) is 26.7 Å². The number of benzene rings is 1. The summed E-state index contributed by atoms with van der Waals surface area (Å²) in [5, 5.41) is 0. The molecule has 6 heteroatoms. The van der Waals surface area contributed by atoms with Crippen molar-refractivity contribution < 1.29 is 13.5 Å². The average Bonchev–Trinajstić information content (AvgIpc) is 2.98.